The van der Waals surface area contributed by atoms with Gasteiger partial charge in [0.25, 0.3) is 0 Å². The van der Waals surface area contributed by atoms with Crippen molar-refractivity contribution in [1.82, 2.24) is 9.88 Å². The van der Waals surface area contributed by atoms with Crippen LogP contribution in [0, 0.1) is 17.0 Å². The molecular weight excluding hydrogens is 256 g/mol. The Morgan fingerprint density at radius 1 is 1.45 bits per heavy atom. The zero-order chi connectivity index (χ0) is 14.5. The Morgan fingerprint density at radius 2 is 2.25 bits per heavy atom. The van der Waals surface area contributed by atoms with E-state index in [1.165, 1.54) is 0 Å². The summed E-state index contributed by atoms with van der Waals surface area (Å²) in [5.74, 6) is 0.496. The summed E-state index contributed by atoms with van der Waals surface area (Å²) < 4.78 is 0. The average molecular weight is 276 g/mol. The Kier molecular flexibility index (Phi) is 4.68. The summed E-state index contributed by atoms with van der Waals surface area (Å²) in [5.41, 5.74) is 0.789. The SMILES string of the molecule is C=CCN1CCCN(c2nccc(C)c2[N+](=O)[O-])CC1. The molecule has 0 saturated carbocycles. The number of aromatic nitrogens is 1. The highest BCUT2D eigenvalue weighted by Gasteiger charge is 2.25. The van der Waals surface area contributed by atoms with Crippen molar-refractivity contribution >= 4 is 11.5 Å². The van der Waals surface area contributed by atoms with Crippen LogP contribution >= 0.6 is 0 Å². The number of hydrogen-bond acceptors (Lipinski definition) is 5. The van der Waals surface area contributed by atoms with Crippen molar-refractivity contribution in [2.75, 3.05) is 37.6 Å². The van der Waals surface area contributed by atoms with Crippen LogP contribution in [-0.2, 0) is 0 Å². The van der Waals surface area contributed by atoms with E-state index < -0.39 is 0 Å². The summed E-state index contributed by atoms with van der Waals surface area (Å²) in [4.78, 5) is 19.5. The van der Waals surface area contributed by atoms with E-state index in [1.54, 1.807) is 19.2 Å². The smallest absolute Gasteiger partial charge is 0.314 e. The van der Waals surface area contributed by atoms with Crippen molar-refractivity contribution in [1.29, 1.82) is 0 Å². The number of nitro groups is 1. The van der Waals surface area contributed by atoms with Gasteiger partial charge in [-0.15, -0.1) is 6.58 Å². The zero-order valence-corrected chi connectivity index (χ0v) is 11.8. The molecule has 6 heteroatoms. The maximum Gasteiger partial charge on any atom is 0.314 e. The minimum absolute atomic E-state index is 0.129. The lowest BCUT2D eigenvalue weighted by molar-refractivity contribution is -0.384. The van der Waals surface area contributed by atoms with Crippen LogP contribution in [0.4, 0.5) is 11.5 Å². The van der Waals surface area contributed by atoms with Crippen LogP contribution in [0.5, 0.6) is 0 Å². The van der Waals surface area contributed by atoms with Crippen LogP contribution in [0.15, 0.2) is 24.9 Å². The van der Waals surface area contributed by atoms with E-state index in [4.69, 9.17) is 0 Å². The second-order valence-electron chi connectivity index (χ2n) is 4.99. The lowest BCUT2D eigenvalue weighted by atomic mass is 10.2. The third-order valence-corrected chi connectivity index (χ3v) is 3.56. The monoisotopic (exact) mass is 276 g/mol. The van der Waals surface area contributed by atoms with Crippen molar-refractivity contribution in [2.45, 2.75) is 13.3 Å². The molecule has 1 fully saturated rings. The molecule has 0 N–H and O–H groups in total. The predicted molar refractivity (Wildman–Crippen MR) is 79.1 cm³/mol. The summed E-state index contributed by atoms with van der Waals surface area (Å²) in [6, 6.07) is 1.68. The third kappa shape index (κ3) is 3.14. The van der Waals surface area contributed by atoms with Gasteiger partial charge in [0.15, 0.2) is 0 Å². The quantitative estimate of drug-likeness (QED) is 0.478. The fourth-order valence-electron chi connectivity index (χ4n) is 2.54. The van der Waals surface area contributed by atoms with Crippen molar-refractivity contribution in [2.24, 2.45) is 0 Å². The van der Waals surface area contributed by atoms with Gasteiger partial charge in [0.05, 0.1) is 4.92 Å². The van der Waals surface area contributed by atoms with Gasteiger partial charge in [-0.1, -0.05) is 6.08 Å². The van der Waals surface area contributed by atoms with Gasteiger partial charge in [0.1, 0.15) is 0 Å². The standard InChI is InChI=1S/C14H20N4O2/c1-3-7-16-8-4-9-17(11-10-16)14-13(18(19)20)12(2)5-6-15-14/h3,5-6H,1,4,7-11H2,2H3. The van der Waals surface area contributed by atoms with Crippen molar-refractivity contribution in [3.63, 3.8) is 0 Å². The normalized spacial score (nSPS) is 16.8. The Bertz CT molecular complexity index is 504. The second-order valence-corrected chi connectivity index (χ2v) is 4.99. The molecule has 0 unspecified atom stereocenters. The van der Waals surface area contributed by atoms with E-state index in [0.29, 0.717) is 11.4 Å². The van der Waals surface area contributed by atoms with Crippen LogP contribution in [-0.4, -0.2) is 47.5 Å². The van der Waals surface area contributed by atoms with Crippen LogP contribution in [0.3, 0.4) is 0 Å². The molecule has 0 amide bonds. The van der Waals surface area contributed by atoms with Gasteiger partial charge in [-0.05, 0) is 19.4 Å². The fraction of sp³-hybridized carbons (Fsp3) is 0.500. The molecular formula is C14H20N4O2. The molecule has 2 heterocycles. The minimum atomic E-state index is -0.329. The summed E-state index contributed by atoms with van der Waals surface area (Å²) in [6.07, 6.45) is 4.51. The molecule has 0 spiro atoms. The van der Waals surface area contributed by atoms with Gasteiger partial charge < -0.3 is 4.90 Å². The molecule has 1 saturated heterocycles. The van der Waals surface area contributed by atoms with Crippen LogP contribution in [0.1, 0.15) is 12.0 Å². The molecule has 0 aromatic carbocycles. The van der Waals surface area contributed by atoms with E-state index >= 15 is 0 Å². The number of nitrogens with zero attached hydrogens (tertiary/aromatic N) is 4. The largest absolute Gasteiger partial charge is 0.350 e. The second kappa shape index (κ2) is 6.47. The molecule has 0 bridgehead atoms. The number of anilines is 1. The van der Waals surface area contributed by atoms with E-state index in [1.807, 2.05) is 11.0 Å². The molecule has 1 aromatic heterocycles. The summed E-state index contributed by atoms with van der Waals surface area (Å²) in [5, 5.41) is 11.3. The van der Waals surface area contributed by atoms with Crippen molar-refractivity contribution in [3.05, 3.63) is 40.6 Å². The molecule has 20 heavy (non-hydrogen) atoms. The van der Waals surface area contributed by atoms with Gasteiger partial charge in [-0.3, -0.25) is 15.0 Å². The van der Waals surface area contributed by atoms with E-state index in [2.05, 4.69) is 16.5 Å². The van der Waals surface area contributed by atoms with Crippen LogP contribution in [0.2, 0.25) is 0 Å². The van der Waals surface area contributed by atoms with Crippen molar-refractivity contribution < 1.29 is 4.92 Å². The number of pyridine rings is 1. The minimum Gasteiger partial charge on any atom is -0.350 e. The van der Waals surface area contributed by atoms with Gasteiger partial charge in [0, 0.05) is 44.5 Å². The third-order valence-electron chi connectivity index (χ3n) is 3.56. The number of hydrogen-bond donors (Lipinski definition) is 0. The molecule has 1 aromatic rings. The average Bonchev–Trinajstić information content (AvgIpc) is 2.64. The van der Waals surface area contributed by atoms with Gasteiger partial charge in [0.2, 0.25) is 5.82 Å². The van der Waals surface area contributed by atoms with Gasteiger partial charge >= 0.3 is 5.69 Å². The molecule has 1 aliphatic rings. The van der Waals surface area contributed by atoms with Crippen LogP contribution < -0.4 is 4.90 Å². The predicted octanol–water partition coefficient (Wildman–Crippen LogP) is 2.00. The summed E-state index contributed by atoms with van der Waals surface area (Å²) >= 11 is 0. The van der Waals surface area contributed by atoms with Crippen LogP contribution in [0.25, 0.3) is 0 Å². The summed E-state index contributed by atoms with van der Waals surface area (Å²) in [7, 11) is 0. The van der Waals surface area contributed by atoms with Gasteiger partial charge in [-0.25, -0.2) is 4.98 Å². The molecule has 6 nitrogen and oxygen atoms in total. The zero-order valence-electron chi connectivity index (χ0n) is 11.8. The Balaban J connectivity index is 2.21. The fourth-order valence-corrected chi connectivity index (χ4v) is 2.54. The lowest BCUT2D eigenvalue weighted by Gasteiger charge is -2.22. The lowest BCUT2D eigenvalue weighted by Crippen LogP contribution is -2.31. The molecule has 0 aliphatic carbocycles. The maximum atomic E-state index is 11.3. The first-order valence-electron chi connectivity index (χ1n) is 6.81. The number of rotatable bonds is 4. The molecule has 2 rings (SSSR count). The highest BCUT2D eigenvalue weighted by molar-refractivity contribution is 5.61. The van der Waals surface area contributed by atoms with Crippen molar-refractivity contribution in [3.8, 4) is 0 Å². The maximum absolute atomic E-state index is 11.3. The topological polar surface area (TPSA) is 62.5 Å². The molecule has 1 aliphatic heterocycles. The first-order chi connectivity index (χ1) is 9.63. The highest BCUT2D eigenvalue weighted by Crippen LogP contribution is 2.29. The highest BCUT2D eigenvalue weighted by atomic mass is 16.6. The number of aryl methyl sites for hydroxylation is 1. The Labute approximate surface area is 118 Å². The Hall–Kier alpha value is -1.95. The molecule has 0 atom stereocenters. The Morgan fingerprint density at radius 3 is 2.95 bits per heavy atom. The van der Waals surface area contributed by atoms with Gasteiger partial charge in [-0.2, -0.15) is 0 Å². The van der Waals surface area contributed by atoms with E-state index in [0.717, 1.165) is 39.1 Å². The van der Waals surface area contributed by atoms with E-state index in [9.17, 15) is 10.1 Å². The molecule has 108 valence electrons. The molecule has 0 radical (unpaired) electrons. The first-order valence-corrected chi connectivity index (χ1v) is 6.81. The first kappa shape index (κ1) is 14.5. The van der Waals surface area contributed by atoms with E-state index in [-0.39, 0.29) is 10.6 Å². The summed E-state index contributed by atoms with van der Waals surface area (Å²) in [6.45, 7) is 9.78.